The van der Waals surface area contributed by atoms with Crippen LogP contribution in [-0.2, 0) is 29.1 Å². The minimum Gasteiger partial charge on any atom is -0.357 e. The summed E-state index contributed by atoms with van der Waals surface area (Å²) in [7, 11) is 1.52. The van der Waals surface area contributed by atoms with Crippen molar-refractivity contribution in [3.63, 3.8) is 0 Å². The van der Waals surface area contributed by atoms with Crippen LogP contribution in [0.25, 0.3) is 0 Å². The van der Waals surface area contributed by atoms with E-state index in [0.29, 0.717) is 24.2 Å². The number of rotatable bonds is 9. The summed E-state index contributed by atoms with van der Waals surface area (Å²) in [5, 5.41) is 5.51. The van der Waals surface area contributed by atoms with Crippen molar-refractivity contribution in [1.29, 1.82) is 0 Å². The lowest BCUT2D eigenvalue weighted by Crippen LogP contribution is -2.46. The third-order valence-electron chi connectivity index (χ3n) is 5.93. The van der Waals surface area contributed by atoms with Gasteiger partial charge in [0.1, 0.15) is 12.3 Å². The van der Waals surface area contributed by atoms with Gasteiger partial charge in [0.05, 0.1) is 0 Å². The molecule has 0 saturated heterocycles. The predicted molar refractivity (Wildman–Crippen MR) is 121 cm³/mol. The van der Waals surface area contributed by atoms with E-state index in [9.17, 15) is 19.2 Å². The van der Waals surface area contributed by atoms with Gasteiger partial charge in [0, 0.05) is 37.7 Å². The van der Waals surface area contributed by atoms with Crippen molar-refractivity contribution >= 4 is 24.0 Å². The van der Waals surface area contributed by atoms with Crippen molar-refractivity contribution in [2.45, 2.75) is 52.2 Å². The van der Waals surface area contributed by atoms with Crippen LogP contribution in [0.1, 0.15) is 62.7 Å². The summed E-state index contributed by atoms with van der Waals surface area (Å²) in [6.07, 6.45) is 2.10. The lowest BCUT2D eigenvalue weighted by molar-refractivity contribution is -0.125. The maximum atomic E-state index is 12.9. The number of nitrogens with zero attached hydrogens (tertiary/aromatic N) is 1. The number of benzene rings is 2. The minimum atomic E-state index is -0.692. The van der Waals surface area contributed by atoms with Gasteiger partial charge in [-0.1, -0.05) is 25.1 Å². The fourth-order valence-electron chi connectivity index (χ4n) is 4.06. The Morgan fingerprint density at radius 2 is 1.97 bits per heavy atom. The van der Waals surface area contributed by atoms with Gasteiger partial charge in [-0.25, -0.2) is 0 Å². The third kappa shape index (κ3) is 4.88. The van der Waals surface area contributed by atoms with Crippen LogP contribution in [0, 0.1) is 6.92 Å². The molecule has 3 amide bonds. The highest BCUT2D eigenvalue weighted by atomic mass is 16.2. The number of carbonyl (C=O) groups is 4. The predicted octanol–water partition coefficient (Wildman–Crippen LogP) is 2.54. The van der Waals surface area contributed by atoms with Crippen molar-refractivity contribution in [2.24, 2.45) is 0 Å². The van der Waals surface area contributed by atoms with Crippen LogP contribution in [0.5, 0.6) is 0 Å². The Hall–Kier alpha value is -3.48. The molecule has 1 aliphatic heterocycles. The molecule has 2 aromatic carbocycles. The zero-order chi connectivity index (χ0) is 23.3. The Balaban J connectivity index is 1.70. The zero-order valence-electron chi connectivity index (χ0n) is 18.7. The molecule has 7 nitrogen and oxygen atoms in total. The van der Waals surface area contributed by atoms with Gasteiger partial charge in [0.2, 0.25) is 5.91 Å². The lowest BCUT2D eigenvalue weighted by Gasteiger charge is -2.25. The van der Waals surface area contributed by atoms with Crippen molar-refractivity contribution in [1.82, 2.24) is 15.5 Å². The van der Waals surface area contributed by atoms with Crippen LogP contribution in [0.2, 0.25) is 0 Å². The van der Waals surface area contributed by atoms with E-state index in [1.807, 2.05) is 37.3 Å². The second-order valence-electron chi connectivity index (χ2n) is 7.98. The van der Waals surface area contributed by atoms with Crippen molar-refractivity contribution < 1.29 is 19.2 Å². The summed E-state index contributed by atoms with van der Waals surface area (Å²) >= 11 is 0. The number of hydrogen-bond acceptors (Lipinski definition) is 4. The molecule has 0 spiro atoms. The Morgan fingerprint density at radius 1 is 1.19 bits per heavy atom. The molecule has 1 unspecified atom stereocenters. The molecule has 1 atom stereocenters. The summed E-state index contributed by atoms with van der Waals surface area (Å²) < 4.78 is 0. The molecule has 2 N–H and O–H groups in total. The molecule has 0 fully saturated rings. The van der Waals surface area contributed by atoms with Crippen LogP contribution in [0.3, 0.4) is 0 Å². The number of aldehydes is 1. The summed E-state index contributed by atoms with van der Waals surface area (Å²) in [4.78, 5) is 50.0. The largest absolute Gasteiger partial charge is 0.357 e. The molecule has 0 bridgehead atoms. The fourth-order valence-corrected chi connectivity index (χ4v) is 4.06. The average molecular weight is 436 g/mol. The van der Waals surface area contributed by atoms with Crippen LogP contribution >= 0.6 is 0 Å². The van der Waals surface area contributed by atoms with Gasteiger partial charge in [0.15, 0.2) is 0 Å². The second-order valence-corrected chi connectivity index (χ2v) is 7.98. The van der Waals surface area contributed by atoms with Gasteiger partial charge in [-0.2, -0.15) is 0 Å². The molecular formula is C25H29N3O4. The molecule has 3 rings (SSSR count). The molecule has 0 saturated carbocycles. The van der Waals surface area contributed by atoms with E-state index in [2.05, 4.69) is 17.6 Å². The number of aryl methyl sites for hydroxylation is 2. The van der Waals surface area contributed by atoms with E-state index in [0.717, 1.165) is 29.4 Å². The monoisotopic (exact) mass is 435 g/mol. The first-order chi connectivity index (χ1) is 15.4. The number of fused-ring (bicyclic) bond motifs is 1. The first kappa shape index (κ1) is 23.2. The smallest absolute Gasteiger partial charge is 0.255 e. The van der Waals surface area contributed by atoms with E-state index < -0.39 is 6.04 Å². The lowest BCUT2D eigenvalue weighted by atomic mass is 10.0. The fraction of sp³-hybridized carbons (Fsp3) is 0.360. The molecule has 1 heterocycles. The van der Waals surface area contributed by atoms with Gasteiger partial charge < -0.3 is 20.3 Å². The molecule has 168 valence electrons. The molecule has 2 aromatic rings. The topological polar surface area (TPSA) is 95.6 Å². The highest BCUT2D eigenvalue weighted by Gasteiger charge is 2.35. The van der Waals surface area contributed by atoms with Gasteiger partial charge in [0.25, 0.3) is 11.8 Å². The van der Waals surface area contributed by atoms with E-state index in [-0.39, 0.29) is 30.6 Å². The maximum absolute atomic E-state index is 12.9. The zero-order valence-corrected chi connectivity index (χ0v) is 18.7. The van der Waals surface area contributed by atoms with Gasteiger partial charge in [-0.05, 0) is 60.2 Å². The van der Waals surface area contributed by atoms with Crippen molar-refractivity contribution in [2.75, 3.05) is 7.05 Å². The number of carbonyl (C=O) groups excluding carboxylic acids is 4. The van der Waals surface area contributed by atoms with E-state index >= 15 is 0 Å². The standard InChI is InChI=1S/C25H29N3O4/c1-4-18-13-19(9-7-16(18)2)23(30)27-14-17-8-10-21-20(12-17)15-28(25(21)32)22(6-5-11-29)24(31)26-3/h7-13,22H,4-6,14-15H2,1-3H3,(H,26,31)(H,27,30). The molecule has 0 aromatic heterocycles. The van der Waals surface area contributed by atoms with Crippen LogP contribution in [0.4, 0.5) is 0 Å². The Labute approximate surface area is 188 Å². The first-order valence-electron chi connectivity index (χ1n) is 10.8. The Morgan fingerprint density at radius 3 is 2.66 bits per heavy atom. The number of nitrogens with one attached hydrogen (secondary N) is 2. The maximum Gasteiger partial charge on any atom is 0.255 e. The SMILES string of the molecule is CCc1cc(C(=O)NCc2ccc3c(c2)CN(C(CCC=O)C(=O)NC)C3=O)ccc1C. The average Bonchev–Trinajstić information content (AvgIpc) is 3.13. The van der Waals surface area contributed by atoms with E-state index in [1.165, 1.54) is 17.5 Å². The van der Waals surface area contributed by atoms with Gasteiger partial charge in [-0.3, -0.25) is 14.4 Å². The summed E-state index contributed by atoms with van der Waals surface area (Å²) in [6.45, 7) is 4.72. The molecule has 1 aliphatic rings. The second kappa shape index (κ2) is 10.2. The van der Waals surface area contributed by atoms with Gasteiger partial charge in [-0.15, -0.1) is 0 Å². The van der Waals surface area contributed by atoms with Crippen LogP contribution in [-0.4, -0.2) is 42.0 Å². The van der Waals surface area contributed by atoms with Crippen LogP contribution < -0.4 is 10.6 Å². The molecule has 0 aliphatic carbocycles. The molecule has 32 heavy (non-hydrogen) atoms. The van der Waals surface area contributed by atoms with E-state index in [4.69, 9.17) is 0 Å². The molecule has 0 radical (unpaired) electrons. The Bertz CT molecular complexity index is 1050. The Kier molecular flexibility index (Phi) is 7.41. The quantitative estimate of drug-likeness (QED) is 0.592. The van der Waals surface area contributed by atoms with Crippen LogP contribution in [0.15, 0.2) is 36.4 Å². The number of amides is 3. The summed E-state index contributed by atoms with van der Waals surface area (Å²) in [5.74, 6) is -0.654. The summed E-state index contributed by atoms with van der Waals surface area (Å²) in [6, 6.07) is 10.4. The third-order valence-corrected chi connectivity index (χ3v) is 5.93. The molecular weight excluding hydrogens is 406 g/mol. The normalized spacial score (nSPS) is 13.5. The van der Waals surface area contributed by atoms with Gasteiger partial charge >= 0.3 is 0 Å². The van der Waals surface area contributed by atoms with Crippen molar-refractivity contribution in [3.8, 4) is 0 Å². The number of hydrogen-bond donors (Lipinski definition) is 2. The molecule has 7 heteroatoms. The summed E-state index contributed by atoms with van der Waals surface area (Å²) in [5.41, 5.74) is 5.17. The van der Waals surface area contributed by atoms with Crippen molar-refractivity contribution in [3.05, 3.63) is 69.8 Å². The van der Waals surface area contributed by atoms with E-state index in [1.54, 1.807) is 6.07 Å². The first-order valence-corrected chi connectivity index (χ1v) is 10.8. The highest BCUT2D eigenvalue weighted by molar-refractivity contribution is 6.01. The minimum absolute atomic E-state index is 0.147. The number of likely N-dealkylation sites (N-methyl/N-ethyl adjacent to an activating group) is 1. The highest BCUT2D eigenvalue weighted by Crippen LogP contribution is 2.27.